The van der Waals surface area contributed by atoms with E-state index in [2.05, 4.69) is 36.5 Å². The first-order valence-corrected chi connectivity index (χ1v) is 4.92. The average molecular weight is 193 g/mol. The predicted octanol–water partition coefficient (Wildman–Crippen LogP) is 1.81. The first-order chi connectivity index (χ1) is 6.73. The third-order valence-corrected chi connectivity index (χ3v) is 2.50. The smallest absolute Gasteiger partial charge is 0.0568 e. The molecule has 1 N–H and O–H groups in total. The molecule has 0 heterocycles. The predicted molar refractivity (Wildman–Crippen MR) is 59.6 cm³/mol. The van der Waals surface area contributed by atoms with Gasteiger partial charge >= 0.3 is 0 Å². The van der Waals surface area contributed by atoms with Gasteiger partial charge in [-0.2, -0.15) is 0 Å². The second-order valence-corrected chi connectivity index (χ2v) is 3.89. The van der Waals surface area contributed by atoms with E-state index in [1.807, 2.05) is 13.1 Å². The molecule has 78 valence electrons. The van der Waals surface area contributed by atoms with E-state index >= 15 is 0 Å². The fourth-order valence-electron chi connectivity index (χ4n) is 1.79. The number of benzene rings is 1. The van der Waals surface area contributed by atoms with Crippen LogP contribution in [0.15, 0.2) is 30.3 Å². The van der Waals surface area contributed by atoms with E-state index in [9.17, 15) is 0 Å². The Morgan fingerprint density at radius 2 is 1.93 bits per heavy atom. The molecular weight excluding hydrogens is 174 g/mol. The van der Waals surface area contributed by atoms with Crippen LogP contribution in [0.1, 0.15) is 12.5 Å². The Balaban J connectivity index is 2.87. The molecule has 0 aliphatic carbocycles. The van der Waals surface area contributed by atoms with Crippen LogP contribution in [0.4, 0.5) is 0 Å². The van der Waals surface area contributed by atoms with Gasteiger partial charge in [-0.15, -0.1) is 0 Å². The highest BCUT2D eigenvalue weighted by Crippen LogP contribution is 2.22. The summed E-state index contributed by atoms with van der Waals surface area (Å²) in [6.07, 6.45) is 0. The Kier molecular flexibility index (Phi) is 4.11. The molecule has 1 aromatic rings. The van der Waals surface area contributed by atoms with Crippen molar-refractivity contribution < 1.29 is 4.74 Å². The second kappa shape index (κ2) is 5.13. The summed E-state index contributed by atoms with van der Waals surface area (Å²) in [5, 5.41) is 3.21. The zero-order chi connectivity index (χ0) is 10.4. The lowest BCUT2D eigenvalue weighted by atomic mass is 9.83. The maximum Gasteiger partial charge on any atom is 0.0568 e. The molecule has 2 nitrogen and oxygen atoms in total. The third kappa shape index (κ3) is 2.56. The Labute approximate surface area is 86.3 Å². The molecule has 0 fully saturated rings. The van der Waals surface area contributed by atoms with Gasteiger partial charge in [0.25, 0.3) is 0 Å². The van der Waals surface area contributed by atoms with Gasteiger partial charge < -0.3 is 10.1 Å². The molecule has 1 unspecified atom stereocenters. The molecule has 0 bridgehead atoms. The van der Waals surface area contributed by atoms with Gasteiger partial charge in [-0.3, -0.25) is 0 Å². The monoisotopic (exact) mass is 193 g/mol. The van der Waals surface area contributed by atoms with Crippen LogP contribution in [0.25, 0.3) is 0 Å². The molecular formula is C12H19NO. The molecule has 0 aromatic heterocycles. The minimum atomic E-state index is 0.0603. The van der Waals surface area contributed by atoms with Crippen molar-refractivity contribution in [2.45, 2.75) is 12.3 Å². The summed E-state index contributed by atoms with van der Waals surface area (Å²) in [7, 11) is 3.72. The van der Waals surface area contributed by atoms with Gasteiger partial charge in [0.1, 0.15) is 0 Å². The number of methoxy groups -OCH3 is 1. The van der Waals surface area contributed by atoms with E-state index in [4.69, 9.17) is 4.74 Å². The highest BCUT2D eigenvalue weighted by molar-refractivity contribution is 5.25. The van der Waals surface area contributed by atoms with Crippen molar-refractivity contribution in [2.75, 3.05) is 27.3 Å². The summed E-state index contributed by atoms with van der Waals surface area (Å²) in [6, 6.07) is 10.5. The van der Waals surface area contributed by atoms with Crippen LogP contribution >= 0.6 is 0 Å². The van der Waals surface area contributed by atoms with Crippen molar-refractivity contribution in [1.82, 2.24) is 5.32 Å². The van der Waals surface area contributed by atoms with E-state index in [1.165, 1.54) is 5.56 Å². The molecule has 1 atom stereocenters. The molecule has 0 aliphatic rings. The lowest BCUT2D eigenvalue weighted by Gasteiger charge is -2.29. The molecule has 0 aliphatic heterocycles. The second-order valence-electron chi connectivity index (χ2n) is 3.89. The minimum Gasteiger partial charge on any atom is -0.384 e. The van der Waals surface area contributed by atoms with Gasteiger partial charge in [0.15, 0.2) is 0 Å². The number of hydrogen-bond donors (Lipinski definition) is 1. The molecule has 0 saturated heterocycles. The summed E-state index contributed by atoms with van der Waals surface area (Å²) in [5.74, 6) is 0. The SMILES string of the molecule is CNCC(C)(COC)c1ccccc1. The molecule has 1 aromatic carbocycles. The number of likely N-dealkylation sites (N-methyl/N-ethyl adjacent to an activating group) is 1. The fraction of sp³-hybridized carbons (Fsp3) is 0.500. The van der Waals surface area contributed by atoms with E-state index in [0.717, 1.165) is 13.2 Å². The van der Waals surface area contributed by atoms with Crippen LogP contribution < -0.4 is 5.32 Å². The molecule has 0 amide bonds. The van der Waals surface area contributed by atoms with Crippen LogP contribution in [0.5, 0.6) is 0 Å². The number of nitrogens with one attached hydrogen (secondary N) is 1. The van der Waals surface area contributed by atoms with E-state index < -0.39 is 0 Å². The van der Waals surface area contributed by atoms with E-state index in [0.29, 0.717) is 0 Å². The van der Waals surface area contributed by atoms with Gasteiger partial charge in [0.2, 0.25) is 0 Å². The third-order valence-electron chi connectivity index (χ3n) is 2.50. The fourth-order valence-corrected chi connectivity index (χ4v) is 1.79. The highest BCUT2D eigenvalue weighted by atomic mass is 16.5. The summed E-state index contributed by atoms with van der Waals surface area (Å²) in [6.45, 7) is 3.87. The van der Waals surface area contributed by atoms with Crippen molar-refractivity contribution in [1.29, 1.82) is 0 Å². The van der Waals surface area contributed by atoms with Crippen molar-refractivity contribution in [3.63, 3.8) is 0 Å². The maximum absolute atomic E-state index is 5.27. The summed E-state index contributed by atoms with van der Waals surface area (Å²) >= 11 is 0. The topological polar surface area (TPSA) is 21.3 Å². The lowest BCUT2D eigenvalue weighted by molar-refractivity contribution is 0.138. The Hall–Kier alpha value is -0.860. The largest absolute Gasteiger partial charge is 0.384 e. The Morgan fingerprint density at radius 1 is 1.29 bits per heavy atom. The highest BCUT2D eigenvalue weighted by Gasteiger charge is 2.25. The quantitative estimate of drug-likeness (QED) is 0.770. The van der Waals surface area contributed by atoms with Crippen molar-refractivity contribution in [3.05, 3.63) is 35.9 Å². The first-order valence-electron chi connectivity index (χ1n) is 4.92. The normalized spacial score (nSPS) is 15.1. The number of ether oxygens (including phenoxy) is 1. The van der Waals surface area contributed by atoms with Gasteiger partial charge in [-0.05, 0) is 12.6 Å². The van der Waals surface area contributed by atoms with Crippen LogP contribution in [0, 0.1) is 0 Å². The van der Waals surface area contributed by atoms with Crippen LogP contribution in [-0.4, -0.2) is 27.3 Å². The van der Waals surface area contributed by atoms with Crippen molar-refractivity contribution in [2.24, 2.45) is 0 Å². The van der Waals surface area contributed by atoms with Crippen LogP contribution in [-0.2, 0) is 10.2 Å². The first kappa shape index (κ1) is 11.2. The van der Waals surface area contributed by atoms with Gasteiger partial charge in [-0.25, -0.2) is 0 Å². The molecule has 0 radical (unpaired) electrons. The Morgan fingerprint density at radius 3 is 2.43 bits per heavy atom. The molecule has 1 rings (SSSR count). The number of rotatable bonds is 5. The molecule has 2 heteroatoms. The standard InChI is InChI=1S/C12H19NO/c1-12(9-13-2,10-14-3)11-7-5-4-6-8-11/h4-8,13H,9-10H2,1-3H3. The molecule has 0 spiro atoms. The van der Waals surface area contributed by atoms with E-state index in [1.54, 1.807) is 7.11 Å². The zero-order valence-electron chi connectivity index (χ0n) is 9.21. The van der Waals surface area contributed by atoms with E-state index in [-0.39, 0.29) is 5.41 Å². The lowest BCUT2D eigenvalue weighted by Crippen LogP contribution is -2.37. The summed E-state index contributed by atoms with van der Waals surface area (Å²) in [4.78, 5) is 0. The summed E-state index contributed by atoms with van der Waals surface area (Å²) in [5.41, 5.74) is 1.38. The summed E-state index contributed by atoms with van der Waals surface area (Å²) < 4.78 is 5.27. The minimum absolute atomic E-state index is 0.0603. The molecule has 14 heavy (non-hydrogen) atoms. The van der Waals surface area contributed by atoms with Crippen LogP contribution in [0.3, 0.4) is 0 Å². The molecule has 0 saturated carbocycles. The van der Waals surface area contributed by atoms with Crippen molar-refractivity contribution in [3.8, 4) is 0 Å². The average Bonchev–Trinajstić information content (AvgIpc) is 2.20. The number of hydrogen-bond acceptors (Lipinski definition) is 2. The maximum atomic E-state index is 5.27. The zero-order valence-corrected chi connectivity index (χ0v) is 9.21. The van der Waals surface area contributed by atoms with Gasteiger partial charge in [0.05, 0.1) is 6.61 Å². The van der Waals surface area contributed by atoms with Gasteiger partial charge in [0, 0.05) is 19.1 Å². The van der Waals surface area contributed by atoms with Crippen molar-refractivity contribution >= 4 is 0 Å². The van der Waals surface area contributed by atoms with Crippen LogP contribution in [0.2, 0.25) is 0 Å². The van der Waals surface area contributed by atoms with Gasteiger partial charge in [-0.1, -0.05) is 37.3 Å². The Bertz CT molecular complexity index is 252.